The molecule has 2 aliphatic rings. The van der Waals surface area contributed by atoms with E-state index in [-0.39, 0.29) is 5.60 Å². The van der Waals surface area contributed by atoms with Crippen molar-refractivity contribution in [2.45, 2.75) is 44.6 Å². The van der Waals surface area contributed by atoms with E-state index in [4.69, 9.17) is 4.74 Å². The topological polar surface area (TPSA) is 9.23 Å². The fraction of sp³-hybridized carbons (Fsp3) is 0.529. The maximum absolute atomic E-state index is 6.41. The Hall–Kier alpha value is -1.24. The molecule has 1 heteroatoms. The van der Waals surface area contributed by atoms with Gasteiger partial charge >= 0.3 is 0 Å². The van der Waals surface area contributed by atoms with Crippen LogP contribution in [0.4, 0.5) is 0 Å². The zero-order chi connectivity index (χ0) is 12.6. The van der Waals surface area contributed by atoms with E-state index < -0.39 is 0 Å². The Morgan fingerprint density at radius 2 is 2.11 bits per heavy atom. The van der Waals surface area contributed by atoms with E-state index in [9.17, 15) is 0 Å². The first-order valence-electron chi connectivity index (χ1n) is 7.17. The number of fused-ring (bicyclic) bond motifs is 2. The van der Waals surface area contributed by atoms with Gasteiger partial charge in [-0.25, -0.2) is 0 Å². The van der Waals surface area contributed by atoms with Gasteiger partial charge in [-0.1, -0.05) is 31.7 Å². The Labute approximate surface area is 110 Å². The molecule has 1 nitrogen and oxygen atoms in total. The van der Waals surface area contributed by atoms with Crippen molar-refractivity contribution in [3.8, 4) is 5.75 Å². The summed E-state index contributed by atoms with van der Waals surface area (Å²) in [6.45, 7) is 6.06. The summed E-state index contributed by atoms with van der Waals surface area (Å²) in [6.07, 6.45) is 8.44. The first-order chi connectivity index (χ1) is 8.75. The Kier molecular flexibility index (Phi) is 2.93. The number of rotatable bonds is 4. The third kappa shape index (κ3) is 1.86. The summed E-state index contributed by atoms with van der Waals surface area (Å²) in [5, 5.41) is 0. The van der Waals surface area contributed by atoms with Crippen molar-refractivity contribution in [1.29, 1.82) is 0 Å². The predicted octanol–water partition coefficient (Wildman–Crippen LogP) is 4.68. The molecule has 0 heterocycles. The Morgan fingerprint density at radius 3 is 2.61 bits per heavy atom. The van der Waals surface area contributed by atoms with Crippen molar-refractivity contribution >= 4 is 6.08 Å². The predicted molar refractivity (Wildman–Crippen MR) is 75.6 cm³/mol. The van der Waals surface area contributed by atoms with Crippen LogP contribution >= 0.6 is 0 Å². The van der Waals surface area contributed by atoms with Gasteiger partial charge in [0.15, 0.2) is 0 Å². The van der Waals surface area contributed by atoms with E-state index in [2.05, 4.69) is 37.8 Å². The SMILES string of the molecule is C=Cc1ccc(OC2(CC)CC3CCC2C3)cc1. The Balaban J connectivity index is 1.79. The second-order valence-corrected chi connectivity index (χ2v) is 5.87. The maximum atomic E-state index is 6.41. The monoisotopic (exact) mass is 242 g/mol. The summed E-state index contributed by atoms with van der Waals surface area (Å²) in [7, 11) is 0. The minimum absolute atomic E-state index is 0.124. The van der Waals surface area contributed by atoms with Gasteiger partial charge in [-0.05, 0) is 61.6 Å². The normalized spacial score (nSPS) is 33.6. The molecule has 3 unspecified atom stereocenters. The van der Waals surface area contributed by atoms with Crippen molar-refractivity contribution in [3.05, 3.63) is 36.4 Å². The van der Waals surface area contributed by atoms with Gasteiger partial charge in [0.25, 0.3) is 0 Å². The quantitative estimate of drug-likeness (QED) is 0.745. The molecule has 0 amide bonds. The van der Waals surface area contributed by atoms with Crippen LogP contribution in [0.25, 0.3) is 6.08 Å². The lowest BCUT2D eigenvalue weighted by atomic mass is 9.82. The molecular formula is C17H22O. The molecule has 0 aromatic heterocycles. The van der Waals surface area contributed by atoms with Crippen molar-refractivity contribution < 1.29 is 4.74 Å². The van der Waals surface area contributed by atoms with E-state index in [1.54, 1.807) is 0 Å². The molecule has 2 aliphatic carbocycles. The molecule has 96 valence electrons. The van der Waals surface area contributed by atoms with Crippen molar-refractivity contribution in [3.63, 3.8) is 0 Å². The van der Waals surface area contributed by atoms with Crippen molar-refractivity contribution in [2.24, 2.45) is 11.8 Å². The molecule has 1 aromatic carbocycles. The van der Waals surface area contributed by atoms with Crippen molar-refractivity contribution in [1.82, 2.24) is 0 Å². The van der Waals surface area contributed by atoms with E-state index >= 15 is 0 Å². The average molecular weight is 242 g/mol. The minimum atomic E-state index is 0.124. The van der Waals surface area contributed by atoms with Crippen LogP contribution in [0.1, 0.15) is 44.6 Å². The first-order valence-corrected chi connectivity index (χ1v) is 7.17. The molecule has 3 rings (SSSR count). The smallest absolute Gasteiger partial charge is 0.120 e. The highest BCUT2D eigenvalue weighted by atomic mass is 16.5. The highest BCUT2D eigenvalue weighted by Crippen LogP contribution is 2.53. The van der Waals surface area contributed by atoms with Gasteiger partial charge in [0.05, 0.1) is 0 Å². The molecule has 0 saturated heterocycles. The summed E-state index contributed by atoms with van der Waals surface area (Å²) in [5.41, 5.74) is 1.28. The van der Waals surface area contributed by atoms with E-state index in [0.717, 1.165) is 29.6 Å². The lowest BCUT2D eigenvalue weighted by Gasteiger charge is -2.37. The molecule has 1 aromatic rings. The van der Waals surface area contributed by atoms with Gasteiger partial charge < -0.3 is 4.74 Å². The fourth-order valence-corrected chi connectivity index (χ4v) is 3.93. The standard InChI is InChI=1S/C17H22O/c1-3-13-6-9-16(10-7-13)18-17(4-2)12-14-5-8-15(17)11-14/h3,6-7,9-10,14-15H,1,4-5,8,11-12H2,2H3. The second kappa shape index (κ2) is 4.46. The lowest BCUT2D eigenvalue weighted by Crippen LogP contribution is -2.40. The molecule has 18 heavy (non-hydrogen) atoms. The number of hydrogen-bond acceptors (Lipinski definition) is 1. The second-order valence-electron chi connectivity index (χ2n) is 5.87. The third-order valence-corrected chi connectivity index (χ3v) is 4.95. The van der Waals surface area contributed by atoms with E-state index in [1.807, 2.05) is 6.08 Å². The highest BCUT2D eigenvalue weighted by molar-refractivity contribution is 5.48. The van der Waals surface area contributed by atoms with Gasteiger partial charge in [-0.3, -0.25) is 0 Å². The van der Waals surface area contributed by atoms with Crippen molar-refractivity contribution in [2.75, 3.05) is 0 Å². The van der Waals surface area contributed by atoms with Crippen LogP contribution < -0.4 is 4.74 Å². The molecule has 0 spiro atoms. The number of ether oxygens (including phenoxy) is 1. The van der Waals surface area contributed by atoms with Gasteiger partial charge in [0.1, 0.15) is 11.4 Å². The van der Waals surface area contributed by atoms with Gasteiger partial charge in [0.2, 0.25) is 0 Å². The summed E-state index contributed by atoms with van der Waals surface area (Å²) in [5.74, 6) is 2.73. The molecule has 0 N–H and O–H groups in total. The molecule has 0 radical (unpaired) electrons. The molecular weight excluding hydrogens is 220 g/mol. The number of benzene rings is 1. The Bertz CT molecular complexity index is 433. The largest absolute Gasteiger partial charge is 0.487 e. The first kappa shape index (κ1) is 11.8. The molecule has 2 bridgehead atoms. The third-order valence-electron chi connectivity index (χ3n) is 4.95. The van der Waals surface area contributed by atoms with Crippen LogP contribution in [-0.4, -0.2) is 5.60 Å². The van der Waals surface area contributed by atoms with Crippen LogP contribution in [0.5, 0.6) is 5.75 Å². The lowest BCUT2D eigenvalue weighted by molar-refractivity contribution is 0.00946. The van der Waals surface area contributed by atoms with E-state index in [1.165, 1.54) is 25.7 Å². The summed E-state index contributed by atoms with van der Waals surface area (Å²) >= 11 is 0. The maximum Gasteiger partial charge on any atom is 0.120 e. The van der Waals surface area contributed by atoms with Gasteiger partial charge in [-0.15, -0.1) is 0 Å². The number of hydrogen-bond donors (Lipinski definition) is 0. The molecule has 2 saturated carbocycles. The van der Waals surface area contributed by atoms with Gasteiger partial charge in [0, 0.05) is 0 Å². The molecule has 3 atom stereocenters. The van der Waals surface area contributed by atoms with Crippen LogP contribution in [-0.2, 0) is 0 Å². The highest BCUT2D eigenvalue weighted by Gasteiger charge is 2.51. The summed E-state index contributed by atoms with van der Waals surface area (Å²) in [4.78, 5) is 0. The summed E-state index contributed by atoms with van der Waals surface area (Å²) < 4.78 is 6.41. The fourth-order valence-electron chi connectivity index (χ4n) is 3.93. The average Bonchev–Trinajstić information content (AvgIpc) is 3.00. The summed E-state index contributed by atoms with van der Waals surface area (Å²) in [6, 6.07) is 8.33. The van der Waals surface area contributed by atoms with Crippen LogP contribution in [0.15, 0.2) is 30.8 Å². The van der Waals surface area contributed by atoms with Crippen LogP contribution in [0.3, 0.4) is 0 Å². The van der Waals surface area contributed by atoms with Crippen LogP contribution in [0, 0.1) is 11.8 Å². The zero-order valence-electron chi connectivity index (χ0n) is 11.2. The Morgan fingerprint density at radius 1 is 1.33 bits per heavy atom. The van der Waals surface area contributed by atoms with E-state index in [0.29, 0.717) is 0 Å². The zero-order valence-corrected chi connectivity index (χ0v) is 11.2. The van der Waals surface area contributed by atoms with Crippen LogP contribution in [0.2, 0.25) is 0 Å². The van der Waals surface area contributed by atoms with Gasteiger partial charge in [-0.2, -0.15) is 0 Å². The molecule has 0 aliphatic heterocycles. The molecule has 2 fully saturated rings. The minimum Gasteiger partial charge on any atom is -0.487 e.